The largest absolute Gasteiger partial charge is 0.352 e. The van der Waals surface area contributed by atoms with Gasteiger partial charge in [0, 0.05) is 39.3 Å². The number of hydrogen-bond donors (Lipinski definition) is 0. The van der Waals surface area contributed by atoms with Crippen LogP contribution < -0.4 is 4.90 Å². The second-order valence-corrected chi connectivity index (χ2v) is 5.37. The monoisotopic (exact) mass is 327 g/mol. The summed E-state index contributed by atoms with van der Waals surface area (Å²) in [6, 6.07) is 1.96. The Morgan fingerprint density at radius 1 is 1.17 bits per heavy atom. The first-order valence-electron chi connectivity index (χ1n) is 7.10. The van der Waals surface area contributed by atoms with Crippen molar-refractivity contribution < 1.29 is 22.6 Å². The third kappa shape index (κ3) is 2.72. The van der Waals surface area contributed by atoms with Crippen LogP contribution in [0, 0.1) is 11.6 Å². The van der Waals surface area contributed by atoms with Crippen molar-refractivity contribution in [2.75, 3.05) is 32.2 Å². The molecule has 1 saturated heterocycles. The molecule has 1 fully saturated rings. The first-order chi connectivity index (χ1) is 11.0. The predicted molar refractivity (Wildman–Crippen MR) is 77.9 cm³/mol. The number of nitrogens with zero attached hydrogens (tertiary/aromatic N) is 3. The lowest BCUT2D eigenvalue weighted by atomic mass is 10.0. The highest BCUT2D eigenvalue weighted by Crippen LogP contribution is 2.31. The Labute approximate surface area is 131 Å². The minimum atomic E-state index is -1.38. The summed E-state index contributed by atoms with van der Waals surface area (Å²) in [5.41, 5.74) is 0.455. The molecule has 0 bridgehead atoms. The van der Waals surface area contributed by atoms with Crippen LogP contribution in [-0.4, -0.2) is 49.2 Å². The fourth-order valence-corrected chi connectivity index (χ4v) is 2.77. The van der Waals surface area contributed by atoms with Crippen LogP contribution in [0.4, 0.5) is 19.0 Å². The second-order valence-electron chi connectivity index (χ2n) is 5.37. The molecule has 5 nitrogen and oxygen atoms in total. The highest BCUT2D eigenvalue weighted by molar-refractivity contribution is 5.75. The molecule has 0 saturated carbocycles. The van der Waals surface area contributed by atoms with Crippen molar-refractivity contribution in [3.8, 4) is 0 Å². The summed E-state index contributed by atoms with van der Waals surface area (Å²) in [7, 11) is 2.80. The minimum Gasteiger partial charge on any atom is -0.352 e. The molecule has 1 aliphatic heterocycles. The Bertz CT molecular complexity index is 724. The standard InChI is InChI=1S/C15H16F3N3O2/c1-22-15(23-2)3-4-21(8-13(15)18)14-7-19-11-5-9(16)10(17)6-12(11)20-14/h5-7,13H,3-4,8H2,1-2H3. The normalized spacial score (nSPS) is 20.9. The molecule has 0 spiro atoms. The predicted octanol–water partition coefficient (Wildman–Crippen LogP) is 2.45. The van der Waals surface area contributed by atoms with Crippen molar-refractivity contribution >= 4 is 16.9 Å². The number of benzene rings is 1. The van der Waals surface area contributed by atoms with E-state index in [1.165, 1.54) is 20.4 Å². The van der Waals surface area contributed by atoms with E-state index in [1.54, 1.807) is 4.90 Å². The van der Waals surface area contributed by atoms with Gasteiger partial charge in [0.25, 0.3) is 0 Å². The first-order valence-corrected chi connectivity index (χ1v) is 7.10. The van der Waals surface area contributed by atoms with Gasteiger partial charge in [0.15, 0.2) is 17.8 Å². The first kappa shape index (κ1) is 15.9. The molecule has 1 atom stereocenters. The topological polar surface area (TPSA) is 47.5 Å². The highest BCUT2D eigenvalue weighted by atomic mass is 19.2. The summed E-state index contributed by atoms with van der Waals surface area (Å²) in [6.45, 7) is 0.442. The Morgan fingerprint density at radius 2 is 1.83 bits per heavy atom. The van der Waals surface area contributed by atoms with Gasteiger partial charge in [0.2, 0.25) is 5.79 Å². The van der Waals surface area contributed by atoms with E-state index in [1.807, 2.05) is 0 Å². The fourth-order valence-electron chi connectivity index (χ4n) is 2.77. The van der Waals surface area contributed by atoms with Gasteiger partial charge in [0.1, 0.15) is 5.82 Å². The summed E-state index contributed by atoms with van der Waals surface area (Å²) in [5.74, 6) is -2.85. The number of fused-ring (bicyclic) bond motifs is 1. The molecule has 23 heavy (non-hydrogen) atoms. The number of alkyl halides is 1. The third-order valence-electron chi connectivity index (χ3n) is 4.17. The third-order valence-corrected chi connectivity index (χ3v) is 4.17. The van der Waals surface area contributed by atoms with Gasteiger partial charge in [-0.3, -0.25) is 4.98 Å². The van der Waals surface area contributed by atoms with Gasteiger partial charge in [-0.25, -0.2) is 18.2 Å². The molecule has 3 rings (SSSR count). The average molecular weight is 327 g/mol. The van der Waals surface area contributed by atoms with Gasteiger partial charge < -0.3 is 14.4 Å². The number of ether oxygens (including phenoxy) is 2. The maximum absolute atomic E-state index is 14.4. The van der Waals surface area contributed by atoms with Crippen LogP contribution >= 0.6 is 0 Å². The van der Waals surface area contributed by atoms with Crippen LogP contribution in [0.5, 0.6) is 0 Å². The van der Waals surface area contributed by atoms with Crippen molar-refractivity contribution in [2.24, 2.45) is 0 Å². The molecule has 1 unspecified atom stereocenters. The lowest BCUT2D eigenvalue weighted by Crippen LogP contribution is -2.56. The van der Waals surface area contributed by atoms with Crippen molar-refractivity contribution in [2.45, 2.75) is 18.4 Å². The maximum atomic E-state index is 14.4. The molecule has 2 aromatic rings. The Morgan fingerprint density at radius 3 is 2.43 bits per heavy atom. The van der Waals surface area contributed by atoms with Crippen LogP contribution in [0.2, 0.25) is 0 Å². The molecule has 0 aliphatic carbocycles. The van der Waals surface area contributed by atoms with E-state index >= 15 is 0 Å². The number of piperidine rings is 1. The number of anilines is 1. The zero-order valence-electron chi connectivity index (χ0n) is 12.7. The fraction of sp³-hybridized carbons (Fsp3) is 0.467. The quantitative estimate of drug-likeness (QED) is 0.811. The molecule has 1 aromatic carbocycles. The Hall–Kier alpha value is -1.93. The number of rotatable bonds is 3. The van der Waals surface area contributed by atoms with Crippen molar-refractivity contribution in [3.63, 3.8) is 0 Å². The molecule has 1 aliphatic rings. The van der Waals surface area contributed by atoms with Gasteiger partial charge in [-0.15, -0.1) is 0 Å². The van der Waals surface area contributed by atoms with Crippen LogP contribution in [0.25, 0.3) is 11.0 Å². The summed E-state index contributed by atoms with van der Waals surface area (Å²) in [5, 5.41) is 0. The van der Waals surface area contributed by atoms with Gasteiger partial charge in [-0.05, 0) is 0 Å². The number of aromatic nitrogens is 2. The Kier molecular flexibility index (Phi) is 4.11. The number of hydrogen-bond acceptors (Lipinski definition) is 5. The molecule has 1 aromatic heterocycles. The summed E-state index contributed by atoms with van der Waals surface area (Å²) in [6.07, 6.45) is 0.339. The van der Waals surface area contributed by atoms with Gasteiger partial charge in [0.05, 0.1) is 23.8 Å². The molecule has 2 heterocycles. The SMILES string of the molecule is COC1(OC)CCN(c2cnc3cc(F)c(F)cc3n2)CC1F. The van der Waals surface area contributed by atoms with E-state index < -0.39 is 23.6 Å². The van der Waals surface area contributed by atoms with Crippen LogP contribution in [0.1, 0.15) is 6.42 Å². The molecule has 124 valence electrons. The highest BCUT2D eigenvalue weighted by Gasteiger charge is 2.44. The van der Waals surface area contributed by atoms with E-state index in [0.29, 0.717) is 18.8 Å². The van der Waals surface area contributed by atoms with E-state index in [-0.39, 0.29) is 17.6 Å². The summed E-state index contributed by atoms with van der Waals surface area (Å²) < 4.78 is 51.3. The van der Waals surface area contributed by atoms with Crippen LogP contribution in [-0.2, 0) is 9.47 Å². The van der Waals surface area contributed by atoms with Crippen molar-refractivity contribution in [1.82, 2.24) is 9.97 Å². The van der Waals surface area contributed by atoms with E-state index in [2.05, 4.69) is 9.97 Å². The lowest BCUT2D eigenvalue weighted by Gasteiger charge is -2.42. The van der Waals surface area contributed by atoms with E-state index in [0.717, 1.165) is 12.1 Å². The van der Waals surface area contributed by atoms with Gasteiger partial charge in [-0.1, -0.05) is 0 Å². The molecule has 0 N–H and O–H groups in total. The lowest BCUT2D eigenvalue weighted by molar-refractivity contribution is -0.249. The van der Waals surface area contributed by atoms with Gasteiger partial charge >= 0.3 is 0 Å². The minimum absolute atomic E-state index is 0.00550. The van der Waals surface area contributed by atoms with Crippen LogP contribution in [0.15, 0.2) is 18.3 Å². The molecular weight excluding hydrogens is 311 g/mol. The van der Waals surface area contributed by atoms with Crippen molar-refractivity contribution in [1.29, 1.82) is 0 Å². The van der Waals surface area contributed by atoms with E-state index in [9.17, 15) is 13.2 Å². The zero-order valence-corrected chi connectivity index (χ0v) is 12.7. The van der Waals surface area contributed by atoms with Crippen LogP contribution in [0.3, 0.4) is 0 Å². The molecule has 8 heteroatoms. The second kappa shape index (κ2) is 5.93. The summed E-state index contributed by atoms with van der Waals surface area (Å²) >= 11 is 0. The maximum Gasteiger partial charge on any atom is 0.202 e. The van der Waals surface area contributed by atoms with Gasteiger partial charge in [-0.2, -0.15) is 0 Å². The number of halogens is 3. The average Bonchev–Trinajstić information content (AvgIpc) is 2.56. The number of methoxy groups -OCH3 is 2. The zero-order chi connectivity index (χ0) is 16.6. The smallest absolute Gasteiger partial charge is 0.202 e. The Balaban J connectivity index is 1.88. The molecule has 0 amide bonds. The molecular formula is C15H16F3N3O2. The van der Waals surface area contributed by atoms with E-state index in [4.69, 9.17) is 9.47 Å². The van der Waals surface area contributed by atoms with Crippen molar-refractivity contribution in [3.05, 3.63) is 30.0 Å². The molecule has 0 radical (unpaired) electrons. The summed E-state index contributed by atoms with van der Waals surface area (Å²) in [4.78, 5) is 9.98.